The first kappa shape index (κ1) is 17.6. The van der Waals surface area contributed by atoms with E-state index in [2.05, 4.69) is 21.3 Å². The third-order valence-electron chi connectivity index (χ3n) is 4.39. The summed E-state index contributed by atoms with van der Waals surface area (Å²) in [5.41, 5.74) is 3.02. The molecule has 7 nitrogen and oxygen atoms in total. The van der Waals surface area contributed by atoms with Crippen molar-refractivity contribution < 1.29 is 9.47 Å². The number of hydrogen-bond donors (Lipinski definition) is 0. The first-order chi connectivity index (χ1) is 13.8. The Morgan fingerprint density at radius 1 is 1.04 bits per heavy atom. The van der Waals surface area contributed by atoms with E-state index in [4.69, 9.17) is 14.7 Å². The molecule has 2 aromatic carbocycles. The van der Waals surface area contributed by atoms with E-state index < -0.39 is 0 Å². The summed E-state index contributed by atoms with van der Waals surface area (Å²) in [7, 11) is 1.65. The zero-order valence-corrected chi connectivity index (χ0v) is 15.2. The Hall–Kier alpha value is -3.76. The van der Waals surface area contributed by atoms with Gasteiger partial charge >= 0.3 is 0 Å². The van der Waals surface area contributed by atoms with Gasteiger partial charge in [-0.2, -0.15) is 5.26 Å². The molecule has 4 aromatic rings. The SMILES string of the molecule is COC(COc1cncc2nnc(-c3ccc(C#N)cc3)n12)c1ccccc1. The monoisotopic (exact) mass is 371 g/mol. The van der Waals surface area contributed by atoms with Crippen LogP contribution in [-0.2, 0) is 4.74 Å². The molecule has 1 unspecified atom stereocenters. The van der Waals surface area contributed by atoms with Crippen molar-refractivity contribution in [2.75, 3.05) is 13.7 Å². The molecule has 7 heteroatoms. The van der Waals surface area contributed by atoms with E-state index in [-0.39, 0.29) is 6.10 Å². The van der Waals surface area contributed by atoms with Gasteiger partial charge in [-0.25, -0.2) is 4.40 Å². The Bertz CT molecular complexity index is 1120. The number of benzene rings is 2. The highest BCUT2D eigenvalue weighted by Gasteiger charge is 2.16. The van der Waals surface area contributed by atoms with Crippen molar-refractivity contribution in [1.82, 2.24) is 19.6 Å². The zero-order valence-electron chi connectivity index (χ0n) is 15.2. The molecule has 0 amide bonds. The maximum atomic E-state index is 8.99. The Labute approximate surface area is 161 Å². The van der Waals surface area contributed by atoms with Gasteiger partial charge in [-0.15, -0.1) is 10.2 Å². The normalized spacial score (nSPS) is 11.9. The van der Waals surface area contributed by atoms with Gasteiger partial charge in [-0.1, -0.05) is 30.3 Å². The highest BCUT2D eigenvalue weighted by Crippen LogP contribution is 2.25. The molecule has 0 aliphatic carbocycles. The number of ether oxygens (including phenoxy) is 2. The van der Waals surface area contributed by atoms with Crippen LogP contribution in [0.4, 0.5) is 0 Å². The van der Waals surface area contributed by atoms with Gasteiger partial charge in [-0.3, -0.25) is 4.98 Å². The molecule has 4 rings (SSSR count). The summed E-state index contributed by atoms with van der Waals surface area (Å²) in [6.07, 6.45) is 3.03. The zero-order chi connectivity index (χ0) is 19.3. The summed E-state index contributed by atoms with van der Waals surface area (Å²) in [6, 6.07) is 19.2. The smallest absolute Gasteiger partial charge is 0.220 e. The van der Waals surface area contributed by atoms with Crippen LogP contribution in [0.2, 0.25) is 0 Å². The Morgan fingerprint density at radius 2 is 1.82 bits per heavy atom. The molecule has 0 saturated heterocycles. The Morgan fingerprint density at radius 3 is 2.54 bits per heavy atom. The molecule has 2 aromatic heterocycles. The number of hydrogen-bond acceptors (Lipinski definition) is 6. The average Bonchev–Trinajstić information content (AvgIpc) is 3.20. The fraction of sp³-hybridized carbons (Fsp3) is 0.143. The molecule has 0 saturated carbocycles. The van der Waals surface area contributed by atoms with Gasteiger partial charge in [0.15, 0.2) is 11.5 Å². The largest absolute Gasteiger partial charge is 0.474 e. The van der Waals surface area contributed by atoms with Crippen LogP contribution in [0, 0.1) is 11.3 Å². The lowest BCUT2D eigenvalue weighted by atomic mass is 10.1. The van der Waals surface area contributed by atoms with E-state index in [0.717, 1.165) is 11.1 Å². The molecule has 2 heterocycles. The van der Waals surface area contributed by atoms with Gasteiger partial charge in [0.25, 0.3) is 0 Å². The highest BCUT2D eigenvalue weighted by atomic mass is 16.5. The van der Waals surface area contributed by atoms with Crippen LogP contribution < -0.4 is 4.74 Å². The summed E-state index contributed by atoms with van der Waals surface area (Å²) < 4.78 is 13.4. The third kappa shape index (κ3) is 3.41. The second kappa shape index (κ2) is 7.86. The van der Waals surface area contributed by atoms with E-state index in [1.54, 1.807) is 36.0 Å². The molecule has 0 radical (unpaired) electrons. The number of methoxy groups -OCH3 is 1. The minimum Gasteiger partial charge on any atom is -0.474 e. The highest BCUT2D eigenvalue weighted by molar-refractivity contribution is 5.61. The molecule has 28 heavy (non-hydrogen) atoms. The quantitative estimate of drug-likeness (QED) is 0.516. The van der Waals surface area contributed by atoms with E-state index >= 15 is 0 Å². The second-order valence-corrected chi connectivity index (χ2v) is 6.10. The molecule has 0 bridgehead atoms. The van der Waals surface area contributed by atoms with Gasteiger partial charge in [0.1, 0.15) is 12.7 Å². The van der Waals surface area contributed by atoms with Crippen LogP contribution in [0.25, 0.3) is 17.0 Å². The van der Waals surface area contributed by atoms with Crippen LogP contribution >= 0.6 is 0 Å². The van der Waals surface area contributed by atoms with E-state index in [0.29, 0.717) is 29.5 Å². The standard InChI is InChI=1S/C21H17N5O2/c1-27-18(16-5-3-2-4-6-16)14-28-20-13-23-12-19-24-25-21(26(19)20)17-9-7-15(11-22)8-10-17/h2-10,12-13,18H,14H2,1H3. The minimum atomic E-state index is -0.216. The van der Waals surface area contributed by atoms with Gasteiger partial charge in [-0.05, 0) is 29.8 Å². The lowest BCUT2D eigenvalue weighted by molar-refractivity contribution is 0.0554. The number of nitrogens with zero attached hydrogens (tertiary/aromatic N) is 5. The van der Waals surface area contributed by atoms with E-state index in [1.165, 1.54) is 0 Å². The predicted octanol–water partition coefficient (Wildman–Crippen LogP) is 3.43. The number of fused-ring (bicyclic) bond motifs is 1. The molecule has 0 fully saturated rings. The molecule has 0 N–H and O–H groups in total. The molecular weight excluding hydrogens is 354 g/mol. The summed E-state index contributed by atoms with van der Waals surface area (Å²) in [5, 5.41) is 17.4. The Balaban J connectivity index is 1.66. The van der Waals surface area contributed by atoms with Crippen molar-refractivity contribution in [2.45, 2.75) is 6.10 Å². The van der Waals surface area contributed by atoms with Gasteiger partial charge in [0, 0.05) is 12.7 Å². The van der Waals surface area contributed by atoms with Crippen LogP contribution in [0.5, 0.6) is 5.88 Å². The van der Waals surface area contributed by atoms with Gasteiger partial charge < -0.3 is 9.47 Å². The Kier molecular flexibility index (Phi) is 4.95. The van der Waals surface area contributed by atoms with Crippen molar-refractivity contribution in [1.29, 1.82) is 5.26 Å². The maximum Gasteiger partial charge on any atom is 0.220 e. The summed E-state index contributed by atoms with van der Waals surface area (Å²) in [4.78, 5) is 4.19. The van der Waals surface area contributed by atoms with Crippen molar-refractivity contribution in [3.05, 3.63) is 78.1 Å². The summed E-state index contributed by atoms with van der Waals surface area (Å²) >= 11 is 0. The van der Waals surface area contributed by atoms with Crippen molar-refractivity contribution >= 4 is 5.65 Å². The van der Waals surface area contributed by atoms with Crippen LogP contribution in [-0.4, -0.2) is 33.3 Å². The molecule has 0 aliphatic heterocycles. The molecule has 0 aliphatic rings. The lowest BCUT2D eigenvalue weighted by Crippen LogP contribution is -2.14. The minimum absolute atomic E-state index is 0.216. The first-order valence-electron chi connectivity index (χ1n) is 8.70. The second-order valence-electron chi connectivity index (χ2n) is 6.10. The number of rotatable bonds is 6. The number of aromatic nitrogens is 4. The van der Waals surface area contributed by atoms with Gasteiger partial charge in [0.05, 0.1) is 24.0 Å². The molecule has 1 atom stereocenters. The third-order valence-corrected chi connectivity index (χ3v) is 4.39. The lowest BCUT2D eigenvalue weighted by Gasteiger charge is -2.17. The summed E-state index contributed by atoms with van der Waals surface area (Å²) in [6.45, 7) is 0.312. The fourth-order valence-electron chi connectivity index (χ4n) is 2.93. The fourth-order valence-corrected chi connectivity index (χ4v) is 2.93. The first-order valence-corrected chi connectivity index (χ1v) is 8.70. The average molecular weight is 371 g/mol. The molecular formula is C21H17N5O2. The summed E-state index contributed by atoms with van der Waals surface area (Å²) in [5.74, 6) is 1.13. The van der Waals surface area contributed by atoms with Crippen molar-refractivity contribution in [3.63, 3.8) is 0 Å². The molecule has 0 spiro atoms. The van der Waals surface area contributed by atoms with Crippen LogP contribution in [0.1, 0.15) is 17.2 Å². The van der Waals surface area contributed by atoms with Crippen molar-refractivity contribution in [2.24, 2.45) is 0 Å². The predicted molar refractivity (Wildman–Crippen MR) is 103 cm³/mol. The van der Waals surface area contributed by atoms with Crippen LogP contribution in [0.15, 0.2) is 67.0 Å². The van der Waals surface area contributed by atoms with E-state index in [9.17, 15) is 0 Å². The van der Waals surface area contributed by atoms with Crippen molar-refractivity contribution in [3.8, 4) is 23.3 Å². The van der Waals surface area contributed by atoms with Gasteiger partial charge in [0.2, 0.25) is 5.88 Å². The topological polar surface area (TPSA) is 85.3 Å². The molecule has 138 valence electrons. The van der Waals surface area contributed by atoms with Crippen LogP contribution in [0.3, 0.4) is 0 Å². The maximum absolute atomic E-state index is 8.99. The number of nitriles is 1. The van der Waals surface area contributed by atoms with E-state index in [1.807, 2.05) is 42.5 Å².